The van der Waals surface area contributed by atoms with E-state index in [1.54, 1.807) is 11.8 Å². The molecule has 3 rings (SSSR count). The van der Waals surface area contributed by atoms with Crippen LogP contribution in [0.1, 0.15) is 49.5 Å². The highest BCUT2D eigenvalue weighted by atomic mass is 127. The minimum Gasteiger partial charge on any atom is -0.356 e. The number of hydrogen-bond acceptors (Lipinski definition) is 4. The van der Waals surface area contributed by atoms with Gasteiger partial charge in [-0.3, -0.25) is 4.99 Å². The maximum Gasteiger partial charge on any atom is 0.191 e. The first kappa shape index (κ1) is 24.0. The van der Waals surface area contributed by atoms with E-state index in [9.17, 15) is 0 Å². The summed E-state index contributed by atoms with van der Waals surface area (Å²) in [4.78, 5) is 4.32. The first-order valence-electron chi connectivity index (χ1n) is 10.3. The lowest BCUT2D eigenvalue weighted by Gasteiger charge is -2.16. The fourth-order valence-electron chi connectivity index (χ4n) is 3.79. The molecule has 0 bridgehead atoms. The van der Waals surface area contributed by atoms with Gasteiger partial charge in [0.2, 0.25) is 0 Å². The van der Waals surface area contributed by atoms with Crippen molar-refractivity contribution < 1.29 is 0 Å². The van der Waals surface area contributed by atoms with Crippen LogP contribution >= 0.6 is 35.7 Å². The number of thioether (sulfide) groups is 1. The highest BCUT2D eigenvalue weighted by Gasteiger charge is 2.23. The fraction of sp³-hybridized carbons (Fsp3) is 0.571. The van der Waals surface area contributed by atoms with E-state index in [1.807, 2.05) is 13.1 Å². The molecule has 29 heavy (non-hydrogen) atoms. The Balaban J connectivity index is 0.00000300. The van der Waals surface area contributed by atoms with Crippen LogP contribution in [0, 0.1) is 0 Å². The van der Waals surface area contributed by atoms with E-state index in [2.05, 4.69) is 60.9 Å². The molecule has 2 N–H and O–H groups in total. The molecule has 1 aliphatic carbocycles. The van der Waals surface area contributed by atoms with E-state index in [4.69, 9.17) is 0 Å². The Morgan fingerprint density at radius 3 is 2.52 bits per heavy atom. The van der Waals surface area contributed by atoms with E-state index < -0.39 is 0 Å². The average Bonchev–Trinajstić information content (AvgIpc) is 3.39. The molecule has 0 unspecified atom stereocenters. The highest BCUT2D eigenvalue weighted by molar-refractivity contribution is 14.0. The molecular weight excluding hydrogens is 495 g/mol. The number of nitrogens with one attached hydrogen (secondary N) is 2. The van der Waals surface area contributed by atoms with E-state index in [0.29, 0.717) is 6.04 Å². The van der Waals surface area contributed by atoms with Gasteiger partial charge in [0.05, 0.1) is 0 Å². The minimum absolute atomic E-state index is 0. The summed E-state index contributed by atoms with van der Waals surface area (Å²) in [5.41, 5.74) is 1.33. The first-order valence-corrected chi connectivity index (χ1v) is 11.5. The van der Waals surface area contributed by atoms with Gasteiger partial charge in [0, 0.05) is 32.6 Å². The van der Waals surface area contributed by atoms with Gasteiger partial charge in [0.1, 0.15) is 5.82 Å². The smallest absolute Gasteiger partial charge is 0.191 e. The van der Waals surface area contributed by atoms with Crippen molar-refractivity contribution in [2.24, 2.45) is 4.99 Å². The lowest BCUT2D eigenvalue weighted by Crippen LogP contribution is -2.38. The Kier molecular flexibility index (Phi) is 10.8. The van der Waals surface area contributed by atoms with Crippen molar-refractivity contribution in [3.05, 3.63) is 41.7 Å². The molecule has 0 spiro atoms. The number of aliphatic imine (C=N–C) groups is 1. The van der Waals surface area contributed by atoms with Gasteiger partial charge < -0.3 is 15.2 Å². The lowest BCUT2D eigenvalue weighted by atomic mass is 10.1. The van der Waals surface area contributed by atoms with Crippen molar-refractivity contribution in [2.75, 3.05) is 26.4 Å². The number of halogens is 1. The number of guanidine groups is 1. The third-order valence-corrected chi connectivity index (χ3v) is 5.89. The van der Waals surface area contributed by atoms with Crippen LogP contribution in [0.25, 0.3) is 0 Å². The van der Waals surface area contributed by atoms with Gasteiger partial charge in [0.25, 0.3) is 0 Å². The van der Waals surface area contributed by atoms with Crippen LogP contribution < -0.4 is 10.6 Å². The van der Waals surface area contributed by atoms with Crippen LogP contribution in [-0.2, 0) is 12.8 Å². The Morgan fingerprint density at radius 2 is 1.83 bits per heavy atom. The van der Waals surface area contributed by atoms with E-state index in [0.717, 1.165) is 49.3 Å². The van der Waals surface area contributed by atoms with Gasteiger partial charge in [-0.2, -0.15) is 0 Å². The van der Waals surface area contributed by atoms with E-state index in [1.165, 1.54) is 31.2 Å². The summed E-state index contributed by atoms with van der Waals surface area (Å²) in [5, 5.41) is 16.7. The van der Waals surface area contributed by atoms with Gasteiger partial charge in [-0.05, 0) is 37.5 Å². The molecule has 1 saturated carbocycles. The molecule has 1 aromatic heterocycles. The second-order valence-electron chi connectivity index (χ2n) is 7.18. The zero-order valence-corrected chi connectivity index (χ0v) is 20.6. The van der Waals surface area contributed by atoms with Gasteiger partial charge >= 0.3 is 0 Å². The molecule has 1 fully saturated rings. The minimum atomic E-state index is 0. The summed E-state index contributed by atoms with van der Waals surface area (Å²) < 4.78 is 2.39. The number of aryl methyl sites for hydroxylation is 1. The van der Waals surface area contributed by atoms with Gasteiger partial charge in [-0.15, -0.1) is 34.2 Å². The molecule has 1 heterocycles. The summed E-state index contributed by atoms with van der Waals surface area (Å²) in [5.74, 6) is 1.99. The van der Waals surface area contributed by atoms with Crippen molar-refractivity contribution in [3.8, 4) is 0 Å². The molecule has 160 valence electrons. The van der Waals surface area contributed by atoms with Gasteiger partial charge in [0.15, 0.2) is 11.1 Å². The van der Waals surface area contributed by atoms with Gasteiger partial charge in [-0.25, -0.2) is 0 Å². The molecule has 1 aromatic carbocycles. The van der Waals surface area contributed by atoms with Gasteiger partial charge in [-0.1, -0.05) is 54.9 Å². The summed E-state index contributed by atoms with van der Waals surface area (Å²) in [7, 11) is 1.82. The normalized spacial score (nSPS) is 14.6. The number of benzene rings is 1. The fourth-order valence-corrected chi connectivity index (χ4v) is 4.36. The van der Waals surface area contributed by atoms with Crippen LogP contribution in [-0.4, -0.2) is 47.1 Å². The standard InChI is InChI=1S/C21H32N6S.HI/c1-22-20(24-16-14-17-9-4-3-5-10-17)23-15-8-13-19-25-26-21(28-2)27(19)18-11-6-7-12-18;/h3-5,9-10,18H,6-8,11-16H2,1-2H3,(H2,22,23,24);1H. The van der Waals surface area contributed by atoms with Crippen molar-refractivity contribution >= 4 is 41.7 Å². The summed E-state index contributed by atoms with van der Waals surface area (Å²) in [6.07, 6.45) is 10.2. The third kappa shape index (κ3) is 7.16. The monoisotopic (exact) mass is 528 g/mol. The molecule has 0 atom stereocenters. The number of rotatable bonds is 9. The van der Waals surface area contributed by atoms with Crippen LogP contribution in [0.4, 0.5) is 0 Å². The molecule has 0 radical (unpaired) electrons. The zero-order chi connectivity index (χ0) is 19.6. The van der Waals surface area contributed by atoms with Crippen molar-refractivity contribution in [2.45, 2.75) is 56.1 Å². The van der Waals surface area contributed by atoms with E-state index in [-0.39, 0.29) is 24.0 Å². The number of hydrogen-bond donors (Lipinski definition) is 2. The first-order chi connectivity index (χ1) is 13.8. The van der Waals surface area contributed by atoms with Crippen LogP contribution in [0.2, 0.25) is 0 Å². The Labute approximate surface area is 195 Å². The summed E-state index contributed by atoms with van der Waals surface area (Å²) in [6.45, 7) is 1.74. The summed E-state index contributed by atoms with van der Waals surface area (Å²) >= 11 is 1.70. The lowest BCUT2D eigenvalue weighted by molar-refractivity contribution is 0.460. The van der Waals surface area contributed by atoms with Crippen LogP contribution in [0.3, 0.4) is 0 Å². The largest absolute Gasteiger partial charge is 0.356 e. The number of aromatic nitrogens is 3. The van der Waals surface area contributed by atoms with Crippen LogP contribution in [0.15, 0.2) is 40.5 Å². The third-order valence-electron chi connectivity index (χ3n) is 5.25. The molecule has 6 nitrogen and oxygen atoms in total. The Hall–Kier alpha value is -1.29. The Morgan fingerprint density at radius 1 is 1.10 bits per heavy atom. The van der Waals surface area contributed by atoms with E-state index >= 15 is 0 Å². The molecule has 1 aliphatic rings. The SMILES string of the molecule is CN=C(NCCCc1nnc(SC)n1C1CCCC1)NCCc1ccccc1.I. The molecule has 0 aliphatic heterocycles. The molecule has 8 heteroatoms. The maximum atomic E-state index is 4.47. The molecular formula is C21H33IN6S. The maximum absolute atomic E-state index is 4.47. The highest BCUT2D eigenvalue weighted by Crippen LogP contribution is 2.33. The quantitative estimate of drug-likeness (QED) is 0.169. The molecule has 2 aromatic rings. The topological polar surface area (TPSA) is 67.1 Å². The van der Waals surface area contributed by atoms with Crippen LogP contribution in [0.5, 0.6) is 0 Å². The molecule has 0 saturated heterocycles. The molecule has 0 amide bonds. The predicted octanol–water partition coefficient (Wildman–Crippen LogP) is 4.07. The van der Waals surface area contributed by atoms with Crippen molar-refractivity contribution in [1.82, 2.24) is 25.4 Å². The summed E-state index contributed by atoms with van der Waals surface area (Å²) in [6, 6.07) is 11.1. The Bertz CT molecular complexity index is 743. The number of nitrogens with zero attached hydrogens (tertiary/aromatic N) is 4. The zero-order valence-electron chi connectivity index (χ0n) is 17.4. The second kappa shape index (κ2) is 13.1. The predicted molar refractivity (Wildman–Crippen MR) is 133 cm³/mol. The average molecular weight is 529 g/mol. The second-order valence-corrected chi connectivity index (χ2v) is 7.95. The van der Waals surface area contributed by atoms with Crippen molar-refractivity contribution in [3.63, 3.8) is 0 Å². The van der Waals surface area contributed by atoms with Crippen molar-refractivity contribution in [1.29, 1.82) is 0 Å².